The minimum atomic E-state index is -0.218. The van der Waals surface area contributed by atoms with Gasteiger partial charge in [-0.15, -0.1) is 0 Å². The van der Waals surface area contributed by atoms with Crippen LogP contribution in [-0.2, 0) is 6.54 Å². The van der Waals surface area contributed by atoms with Gasteiger partial charge in [0.15, 0.2) is 0 Å². The van der Waals surface area contributed by atoms with Crippen molar-refractivity contribution in [3.63, 3.8) is 0 Å². The number of carbonyl (C=O) groups excluding carboxylic acids is 1. The van der Waals surface area contributed by atoms with Crippen molar-refractivity contribution >= 4 is 11.7 Å². The Kier molecular flexibility index (Phi) is 5.21. The molecule has 1 rings (SSSR count). The van der Waals surface area contributed by atoms with Crippen LogP contribution in [0, 0.1) is 0 Å². The van der Waals surface area contributed by atoms with E-state index in [0.717, 1.165) is 24.2 Å². The predicted molar refractivity (Wildman–Crippen MR) is 79.8 cm³/mol. The zero-order chi connectivity index (χ0) is 14.5. The smallest absolute Gasteiger partial charge is 0.318 e. The largest absolute Gasteiger partial charge is 0.399 e. The predicted octanol–water partition coefficient (Wildman–Crippen LogP) is 2.99. The van der Waals surface area contributed by atoms with Crippen molar-refractivity contribution in [1.82, 2.24) is 10.2 Å². The number of urea groups is 1. The second-order valence-electron chi connectivity index (χ2n) is 5.84. The highest BCUT2D eigenvalue weighted by Crippen LogP contribution is 2.10. The lowest BCUT2D eigenvalue weighted by atomic mass is 10.1. The number of carbonyl (C=O) groups is 1. The van der Waals surface area contributed by atoms with Crippen LogP contribution in [0.4, 0.5) is 10.5 Å². The van der Waals surface area contributed by atoms with Crippen LogP contribution in [0.15, 0.2) is 24.3 Å². The van der Waals surface area contributed by atoms with Gasteiger partial charge in [-0.1, -0.05) is 19.1 Å². The van der Waals surface area contributed by atoms with Gasteiger partial charge in [0.1, 0.15) is 0 Å². The Morgan fingerprint density at radius 1 is 1.26 bits per heavy atom. The highest BCUT2D eigenvalue weighted by Gasteiger charge is 2.19. The van der Waals surface area contributed by atoms with Crippen molar-refractivity contribution < 1.29 is 4.79 Å². The fraction of sp³-hybridized carbons (Fsp3) is 0.533. The van der Waals surface area contributed by atoms with Gasteiger partial charge in [-0.05, 0) is 44.9 Å². The molecule has 0 fully saturated rings. The molecule has 106 valence electrons. The summed E-state index contributed by atoms with van der Waals surface area (Å²) in [6.45, 7) is 9.37. The van der Waals surface area contributed by atoms with Gasteiger partial charge in [-0.2, -0.15) is 0 Å². The van der Waals surface area contributed by atoms with Gasteiger partial charge in [-0.3, -0.25) is 0 Å². The first-order valence-corrected chi connectivity index (χ1v) is 6.73. The Hall–Kier alpha value is -1.71. The molecule has 0 aliphatic rings. The molecule has 0 aromatic heterocycles. The highest BCUT2D eigenvalue weighted by atomic mass is 16.2. The molecule has 4 nitrogen and oxygen atoms in total. The molecule has 0 heterocycles. The van der Waals surface area contributed by atoms with E-state index in [-0.39, 0.29) is 11.6 Å². The molecule has 1 aromatic carbocycles. The number of hydrogen-bond donors (Lipinski definition) is 2. The maximum Gasteiger partial charge on any atom is 0.318 e. The Labute approximate surface area is 116 Å². The molecule has 0 aliphatic heterocycles. The van der Waals surface area contributed by atoms with Crippen molar-refractivity contribution in [2.75, 3.05) is 12.3 Å². The molecule has 0 spiro atoms. The van der Waals surface area contributed by atoms with Crippen LogP contribution in [0.5, 0.6) is 0 Å². The summed E-state index contributed by atoms with van der Waals surface area (Å²) in [6.07, 6.45) is 0.937. The highest BCUT2D eigenvalue weighted by molar-refractivity contribution is 5.75. The molecule has 0 bridgehead atoms. The van der Waals surface area contributed by atoms with Gasteiger partial charge in [-0.25, -0.2) is 4.79 Å². The van der Waals surface area contributed by atoms with Crippen LogP contribution in [0.1, 0.15) is 39.7 Å². The lowest BCUT2D eigenvalue weighted by molar-refractivity contribution is 0.186. The molecular formula is C15H25N3O. The summed E-state index contributed by atoms with van der Waals surface area (Å²) in [4.78, 5) is 14.0. The van der Waals surface area contributed by atoms with Crippen LogP contribution in [0.3, 0.4) is 0 Å². The summed E-state index contributed by atoms with van der Waals surface area (Å²) >= 11 is 0. The summed E-state index contributed by atoms with van der Waals surface area (Å²) < 4.78 is 0. The van der Waals surface area contributed by atoms with E-state index in [1.54, 1.807) is 0 Å². The van der Waals surface area contributed by atoms with Gasteiger partial charge < -0.3 is 16.0 Å². The van der Waals surface area contributed by atoms with E-state index in [1.807, 2.05) is 49.9 Å². The normalized spacial score (nSPS) is 11.2. The van der Waals surface area contributed by atoms with E-state index in [2.05, 4.69) is 12.2 Å². The summed E-state index contributed by atoms with van der Waals surface area (Å²) in [5.74, 6) is 0. The summed E-state index contributed by atoms with van der Waals surface area (Å²) in [5, 5.41) is 3.00. The Balaban J connectivity index is 2.72. The number of rotatable bonds is 4. The Morgan fingerprint density at radius 3 is 2.32 bits per heavy atom. The third-order valence-corrected chi connectivity index (χ3v) is 2.62. The van der Waals surface area contributed by atoms with Crippen LogP contribution < -0.4 is 11.1 Å². The molecule has 0 saturated carbocycles. The average molecular weight is 263 g/mol. The third-order valence-electron chi connectivity index (χ3n) is 2.62. The molecule has 3 N–H and O–H groups in total. The van der Waals surface area contributed by atoms with Gasteiger partial charge >= 0.3 is 6.03 Å². The van der Waals surface area contributed by atoms with Crippen molar-refractivity contribution in [1.29, 1.82) is 0 Å². The number of hydrogen-bond acceptors (Lipinski definition) is 2. The minimum Gasteiger partial charge on any atom is -0.399 e. The fourth-order valence-electron chi connectivity index (χ4n) is 1.77. The second-order valence-corrected chi connectivity index (χ2v) is 5.84. The van der Waals surface area contributed by atoms with E-state index in [1.165, 1.54) is 0 Å². The van der Waals surface area contributed by atoms with Gasteiger partial charge in [0.25, 0.3) is 0 Å². The van der Waals surface area contributed by atoms with Crippen LogP contribution in [0.2, 0.25) is 0 Å². The second kappa shape index (κ2) is 6.45. The summed E-state index contributed by atoms with van der Waals surface area (Å²) in [5.41, 5.74) is 7.28. The first-order chi connectivity index (χ1) is 8.81. The van der Waals surface area contributed by atoms with Gasteiger partial charge in [0.05, 0.1) is 0 Å². The van der Waals surface area contributed by atoms with Crippen LogP contribution >= 0.6 is 0 Å². The number of anilines is 1. The lowest BCUT2D eigenvalue weighted by Gasteiger charge is -2.28. The number of nitrogens with zero attached hydrogens (tertiary/aromatic N) is 1. The van der Waals surface area contributed by atoms with Crippen molar-refractivity contribution in [2.24, 2.45) is 0 Å². The first kappa shape index (κ1) is 15.3. The number of nitrogens with two attached hydrogens (primary N) is 1. The van der Waals surface area contributed by atoms with Crippen LogP contribution in [0.25, 0.3) is 0 Å². The van der Waals surface area contributed by atoms with E-state index in [4.69, 9.17) is 5.73 Å². The molecule has 0 unspecified atom stereocenters. The maximum atomic E-state index is 12.2. The van der Waals surface area contributed by atoms with Gasteiger partial charge in [0, 0.05) is 24.3 Å². The Bertz CT molecular complexity index is 406. The SMILES string of the molecule is CCCN(Cc1ccc(N)cc1)C(=O)NC(C)(C)C. The molecule has 19 heavy (non-hydrogen) atoms. The topological polar surface area (TPSA) is 58.4 Å². The third kappa shape index (κ3) is 5.64. The maximum absolute atomic E-state index is 12.2. The van der Waals surface area contributed by atoms with E-state index in [0.29, 0.717) is 6.54 Å². The molecule has 0 radical (unpaired) electrons. The monoisotopic (exact) mass is 263 g/mol. The average Bonchev–Trinajstić information content (AvgIpc) is 2.29. The van der Waals surface area contributed by atoms with Crippen molar-refractivity contribution in [3.05, 3.63) is 29.8 Å². The summed E-state index contributed by atoms with van der Waals surface area (Å²) in [6, 6.07) is 7.62. The zero-order valence-electron chi connectivity index (χ0n) is 12.4. The lowest BCUT2D eigenvalue weighted by Crippen LogP contribution is -2.48. The summed E-state index contributed by atoms with van der Waals surface area (Å²) in [7, 11) is 0. The van der Waals surface area contributed by atoms with Crippen molar-refractivity contribution in [2.45, 2.75) is 46.2 Å². The quantitative estimate of drug-likeness (QED) is 0.820. The van der Waals surface area contributed by atoms with Crippen LogP contribution in [-0.4, -0.2) is 23.0 Å². The number of benzene rings is 1. The first-order valence-electron chi connectivity index (χ1n) is 6.73. The number of amides is 2. The Morgan fingerprint density at radius 2 is 1.84 bits per heavy atom. The molecule has 2 amide bonds. The minimum absolute atomic E-state index is 0.0221. The molecule has 1 aromatic rings. The van der Waals surface area contributed by atoms with E-state index < -0.39 is 0 Å². The van der Waals surface area contributed by atoms with E-state index in [9.17, 15) is 4.79 Å². The zero-order valence-corrected chi connectivity index (χ0v) is 12.4. The number of nitrogens with one attached hydrogen (secondary N) is 1. The standard InChI is InChI=1S/C15H25N3O/c1-5-10-18(14(19)17-15(2,3)4)11-12-6-8-13(16)9-7-12/h6-9H,5,10-11,16H2,1-4H3,(H,17,19). The fourth-order valence-corrected chi connectivity index (χ4v) is 1.77. The molecular weight excluding hydrogens is 238 g/mol. The molecule has 0 saturated heterocycles. The van der Waals surface area contributed by atoms with E-state index >= 15 is 0 Å². The van der Waals surface area contributed by atoms with Gasteiger partial charge in [0.2, 0.25) is 0 Å². The molecule has 4 heteroatoms. The van der Waals surface area contributed by atoms with Crippen molar-refractivity contribution in [3.8, 4) is 0 Å². The molecule has 0 atom stereocenters. The molecule has 0 aliphatic carbocycles. The number of nitrogen functional groups attached to an aromatic ring is 1.